The fourth-order valence-electron chi connectivity index (χ4n) is 3.43. The van der Waals surface area contributed by atoms with E-state index in [1.165, 1.54) is 6.42 Å². The summed E-state index contributed by atoms with van der Waals surface area (Å²) in [7, 11) is 2.17. The van der Waals surface area contributed by atoms with Crippen LogP contribution in [0.1, 0.15) is 6.42 Å². The minimum absolute atomic E-state index is 0.259. The van der Waals surface area contributed by atoms with Gasteiger partial charge in [-0.15, -0.1) is 0 Å². The van der Waals surface area contributed by atoms with E-state index in [2.05, 4.69) is 21.5 Å². The van der Waals surface area contributed by atoms with Crippen molar-refractivity contribution in [2.24, 2.45) is 5.92 Å². The van der Waals surface area contributed by atoms with Crippen molar-refractivity contribution in [1.29, 1.82) is 0 Å². The van der Waals surface area contributed by atoms with Crippen LogP contribution in [0.2, 0.25) is 0 Å². The lowest BCUT2D eigenvalue weighted by molar-refractivity contribution is 0.380. The average molecular weight is 308 g/mol. The molecule has 3 aromatic rings. The molecule has 2 aromatic heterocycles. The molecule has 3 heterocycles. The highest BCUT2D eigenvalue weighted by Gasteiger charge is 2.23. The highest BCUT2D eigenvalue weighted by atomic mass is 16.3. The molecule has 1 aromatic carbocycles. The molecule has 0 radical (unpaired) electrons. The lowest BCUT2D eigenvalue weighted by Gasteiger charge is -2.14. The molecule has 5 nitrogen and oxygen atoms in total. The standard InChI is InChI=1S/C18H20N4O/c1-21-9-7-13(11-21)12-22-17(14-4-2-5-15(23)10-14)20-16-6-3-8-19-18(16)22/h2-6,8,10,13,23H,7,9,11-12H2,1H3. The third-order valence-corrected chi connectivity index (χ3v) is 4.54. The van der Waals surface area contributed by atoms with Crippen molar-refractivity contribution in [3.8, 4) is 17.1 Å². The van der Waals surface area contributed by atoms with Crippen LogP contribution >= 0.6 is 0 Å². The van der Waals surface area contributed by atoms with Crippen LogP contribution in [-0.4, -0.2) is 44.7 Å². The van der Waals surface area contributed by atoms with Crippen LogP contribution in [0.3, 0.4) is 0 Å². The predicted octanol–water partition coefficient (Wildman–Crippen LogP) is 2.76. The monoisotopic (exact) mass is 308 g/mol. The Kier molecular flexibility index (Phi) is 3.50. The first-order chi connectivity index (χ1) is 11.2. The summed E-state index contributed by atoms with van der Waals surface area (Å²) in [4.78, 5) is 11.7. The highest BCUT2D eigenvalue weighted by Crippen LogP contribution is 2.28. The maximum atomic E-state index is 9.80. The fourth-order valence-corrected chi connectivity index (χ4v) is 3.43. The van der Waals surface area contributed by atoms with E-state index in [1.54, 1.807) is 12.1 Å². The van der Waals surface area contributed by atoms with Gasteiger partial charge in [-0.3, -0.25) is 0 Å². The first-order valence-electron chi connectivity index (χ1n) is 8.00. The average Bonchev–Trinajstić information content (AvgIpc) is 3.12. The number of benzene rings is 1. The van der Waals surface area contributed by atoms with E-state index in [9.17, 15) is 5.11 Å². The molecule has 0 saturated carbocycles. The summed E-state index contributed by atoms with van der Waals surface area (Å²) in [5.74, 6) is 1.74. The summed E-state index contributed by atoms with van der Waals surface area (Å²) in [5, 5.41) is 9.80. The van der Waals surface area contributed by atoms with Crippen LogP contribution in [0.15, 0.2) is 42.6 Å². The number of hydrogen-bond acceptors (Lipinski definition) is 4. The normalized spacial score (nSPS) is 18.7. The van der Waals surface area contributed by atoms with Gasteiger partial charge in [0.15, 0.2) is 5.65 Å². The molecule has 1 N–H and O–H groups in total. The number of phenols is 1. The van der Waals surface area contributed by atoms with Crippen LogP contribution in [0.4, 0.5) is 0 Å². The van der Waals surface area contributed by atoms with E-state index in [0.29, 0.717) is 5.92 Å². The third-order valence-electron chi connectivity index (χ3n) is 4.54. The van der Waals surface area contributed by atoms with Gasteiger partial charge in [0.2, 0.25) is 0 Å². The Morgan fingerprint density at radius 3 is 2.96 bits per heavy atom. The number of phenolic OH excluding ortho intramolecular Hbond substituents is 1. The Morgan fingerprint density at radius 2 is 2.17 bits per heavy atom. The first kappa shape index (κ1) is 14.2. The Bertz CT molecular complexity index is 842. The van der Waals surface area contributed by atoms with Crippen molar-refractivity contribution in [3.05, 3.63) is 42.6 Å². The molecule has 1 saturated heterocycles. The van der Waals surface area contributed by atoms with Crippen molar-refractivity contribution >= 4 is 11.2 Å². The quantitative estimate of drug-likeness (QED) is 0.808. The summed E-state index contributed by atoms with van der Waals surface area (Å²) in [6.45, 7) is 3.15. The van der Waals surface area contributed by atoms with E-state index in [-0.39, 0.29) is 5.75 Å². The molecule has 1 fully saturated rings. The SMILES string of the molecule is CN1CCC(Cn2c(-c3cccc(O)c3)nc3cccnc32)C1. The number of pyridine rings is 1. The summed E-state index contributed by atoms with van der Waals surface area (Å²) < 4.78 is 2.20. The number of imidazole rings is 1. The number of hydrogen-bond donors (Lipinski definition) is 1. The van der Waals surface area contributed by atoms with Gasteiger partial charge in [-0.05, 0) is 50.2 Å². The highest BCUT2D eigenvalue weighted by molar-refractivity contribution is 5.77. The van der Waals surface area contributed by atoms with Crippen molar-refractivity contribution in [2.45, 2.75) is 13.0 Å². The fraction of sp³-hybridized carbons (Fsp3) is 0.333. The van der Waals surface area contributed by atoms with E-state index in [0.717, 1.165) is 42.2 Å². The molecular weight excluding hydrogens is 288 g/mol. The van der Waals surface area contributed by atoms with Crippen LogP contribution in [-0.2, 0) is 6.54 Å². The second-order valence-corrected chi connectivity index (χ2v) is 6.36. The zero-order valence-corrected chi connectivity index (χ0v) is 13.2. The minimum atomic E-state index is 0.259. The van der Waals surface area contributed by atoms with Crippen LogP contribution in [0.25, 0.3) is 22.6 Å². The lowest BCUT2D eigenvalue weighted by Crippen LogP contribution is -2.17. The smallest absolute Gasteiger partial charge is 0.160 e. The molecule has 0 spiro atoms. The Morgan fingerprint density at radius 1 is 1.26 bits per heavy atom. The second kappa shape index (κ2) is 5.66. The van der Waals surface area contributed by atoms with Gasteiger partial charge >= 0.3 is 0 Å². The van der Waals surface area contributed by atoms with Crippen molar-refractivity contribution in [3.63, 3.8) is 0 Å². The van der Waals surface area contributed by atoms with E-state index in [4.69, 9.17) is 4.98 Å². The largest absolute Gasteiger partial charge is 0.508 e. The van der Waals surface area contributed by atoms with E-state index >= 15 is 0 Å². The molecule has 5 heteroatoms. The molecule has 0 aliphatic carbocycles. The number of likely N-dealkylation sites (tertiary alicyclic amines) is 1. The second-order valence-electron chi connectivity index (χ2n) is 6.36. The summed E-state index contributed by atoms with van der Waals surface area (Å²) >= 11 is 0. The molecule has 1 atom stereocenters. The molecule has 23 heavy (non-hydrogen) atoms. The zero-order valence-electron chi connectivity index (χ0n) is 13.2. The maximum absolute atomic E-state index is 9.80. The number of rotatable bonds is 3. The summed E-state index contributed by atoms with van der Waals surface area (Å²) in [5.41, 5.74) is 2.74. The van der Waals surface area contributed by atoms with Gasteiger partial charge in [-0.25, -0.2) is 9.97 Å². The van der Waals surface area contributed by atoms with Gasteiger partial charge in [-0.2, -0.15) is 0 Å². The summed E-state index contributed by atoms with van der Waals surface area (Å²) in [6.07, 6.45) is 3.01. The van der Waals surface area contributed by atoms with Gasteiger partial charge in [0, 0.05) is 24.8 Å². The number of fused-ring (bicyclic) bond motifs is 1. The van der Waals surface area contributed by atoms with Crippen LogP contribution < -0.4 is 0 Å². The van der Waals surface area contributed by atoms with Gasteiger partial charge in [0.05, 0.1) is 0 Å². The predicted molar refractivity (Wildman–Crippen MR) is 90.2 cm³/mol. The van der Waals surface area contributed by atoms with Gasteiger partial charge in [0.1, 0.15) is 17.1 Å². The Hall–Kier alpha value is -2.40. The van der Waals surface area contributed by atoms with Gasteiger partial charge in [-0.1, -0.05) is 12.1 Å². The van der Waals surface area contributed by atoms with Crippen molar-refractivity contribution in [1.82, 2.24) is 19.4 Å². The molecule has 118 valence electrons. The molecule has 0 bridgehead atoms. The molecule has 1 aliphatic heterocycles. The Balaban J connectivity index is 1.81. The van der Waals surface area contributed by atoms with Gasteiger partial charge in [0.25, 0.3) is 0 Å². The van der Waals surface area contributed by atoms with E-state index < -0.39 is 0 Å². The van der Waals surface area contributed by atoms with Crippen LogP contribution in [0.5, 0.6) is 5.75 Å². The minimum Gasteiger partial charge on any atom is -0.508 e. The Labute approximate surface area is 135 Å². The number of nitrogens with zero attached hydrogens (tertiary/aromatic N) is 4. The third kappa shape index (κ3) is 2.68. The van der Waals surface area contributed by atoms with Crippen molar-refractivity contribution in [2.75, 3.05) is 20.1 Å². The molecule has 1 aliphatic rings. The molecular formula is C18H20N4O. The first-order valence-corrected chi connectivity index (χ1v) is 8.00. The number of aromatic nitrogens is 3. The maximum Gasteiger partial charge on any atom is 0.160 e. The number of aromatic hydroxyl groups is 1. The topological polar surface area (TPSA) is 54.2 Å². The van der Waals surface area contributed by atoms with E-state index in [1.807, 2.05) is 30.5 Å². The molecule has 4 rings (SSSR count). The van der Waals surface area contributed by atoms with Crippen molar-refractivity contribution < 1.29 is 5.11 Å². The molecule has 0 amide bonds. The van der Waals surface area contributed by atoms with Gasteiger partial charge < -0.3 is 14.6 Å². The lowest BCUT2D eigenvalue weighted by atomic mass is 10.1. The van der Waals surface area contributed by atoms with Crippen LogP contribution in [0, 0.1) is 5.92 Å². The zero-order chi connectivity index (χ0) is 15.8. The summed E-state index contributed by atoms with van der Waals surface area (Å²) in [6, 6.07) is 11.2. The molecule has 1 unspecified atom stereocenters.